The van der Waals surface area contributed by atoms with Gasteiger partial charge in [-0.05, 0) is 19.1 Å². The molecule has 0 amide bonds. The summed E-state index contributed by atoms with van der Waals surface area (Å²) in [6, 6.07) is 3.93. The molecule has 1 N–H and O–H groups in total. The fraction of sp³-hybridized carbons (Fsp3) is 0.273. The molecule has 0 atom stereocenters. The number of ether oxygens (including phenoxy) is 1. The van der Waals surface area contributed by atoms with Gasteiger partial charge in [0.05, 0.1) is 11.1 Å². The van der Waals surface area contributed by atoms with Crippen molar-refractivity contribution in [2.45, 2.75) is 20.0 Å². The van der Waals surface area contributed by atoms with Crippen LogP contribution in [0.15, 0.2) is 18.2 Å². The highest BCUT2D eigenvalue weighted by molar-refractivity contribution is 5.81. The van der Waals surface area contributed by atoms with E-state index in [4.69, 9.17) is 0 Å². The fourth-order valence-electron chi connectivity index (χ4n) is 1.57. The summed E-state index contributed by atoms with van der Waals surface area (Å²) in [4.78, 5) is 10.6. The van der Waals surface area contributed by atoms with E-state index in [1.807, 2.05) is 0 Å². The van der Waals surface area contributed by atoms with Crippen LogP contribution in [0.5, 0.6) is 0 Å². The van der Waals surface area contributed by atoms with E-state index in [0.29, 0.717) is 5.52 Å². The molecule has 0 fully saturated rings. The third kappa shape index (κ3) is 2.11. The highest BCUT2D eigenvalue weighted by Crippen LogP contribution is 2.31. The van der Waals surface area contributed by atoms with Crippen molar-refractivity contribution in [3.05, 3.63) is 29.5 Å². The number of carbonyl (C=O) groups is 1. The predicted octanol–water partition coefficient (Wildman–Crippen LogP) is 2.48. The molecule has 4 nitrogen and oxygen atoms in total. The molecule has 0 saturated heterocycles. The number of aryl methyl sites for hydroxylation is 1. The lowest BCUT2D eigenvalue weighted by Gasteiger charge is -2.15. The first kappa shape index (κ1) is 11.5. The van der Waals surface area contributed by atoms with E-state index in [2.05, 4.69) is 14.9 Å². The van der Waals surface area contributed by atoms with E-state index >= 15 is 0 Å². The number of aromatic nitrogens is 2. The quantitative estimate of drug-likeness (QED) is 0.820. The third-order valence-electron chi connectivity index (χ3n) is 2.35. The number of rotatable bonds is 2. The molecule has 0 saturated carbocycles. The standard InChI is InChI=1S/C11H10F2N2O2/c1-6-9-4-3-8(5-10(9)15-14-6)11(12,13)17-7(2)16/h3-5H,1-2H3,(H,14,15). The van der Waals surface area contributed by atoms with Crippen molar-refractivity contribution < 1.29 is 18.3 Å². The molecular weight excluding hydrogens is 230 g/mol. The summed E-state index contributed by atoms with van der Waals surface area (Å²) in [7, 11) is 0. The first-order valence-corrected chi connectivity index (χ1v) is 4.93. The summed E-state index contributed by atoms with van der Waals surface area (Å²) in [6.07, 6.45) is -3.63. The number of esters is 1. The Labute approximate surface area is 95.6 Å². The van der Waals surface area contributed by atoms with Gasteiger partial charge in [0, 0.05) is 18.0 Å². The van der Waals surface area contributed by atoms with Gasteiger partial charge in [-0.3, -0.25) is 9.89 Å². The largest absolute Gasteiger partial charge is 0.428 e. The number of nitrogens with zero attached hydrogens (tertiary/aromatic N) is 1. The first-order valence-electron chi connectivity index (χ1n) is 4.93. The van der Waals surface area contributed by atoms with Gasteiger partial charge in [0.25, 0.3) is 0 Å². The summed E-state index contributed by atoms with van der Waals surface area (Å²) < 4.78 is 30.9. The van der Waals surface area contributed by atoms with Crippen molar-refractivity contribution >= 4 is 16.9 Å². The van der Waals surface area contributed by atoms with Gasteiger partial charge in [-0.25, -0.2) is 0 Å². The van der Waals surface area contributed by atoms with Gasteiger partial charge in [0.2, 0.25) is 0 Å². The average molecular weight is 240 g/mol. The third-order valence-corrected chi connectivity index (χ3v) is 2.35. The van der Waals surface area contributed by atoms with Gasteiger partial charge in [-0.15, -0.1) is 0 Å². The zero-order valence-corrected chi connectivity index (χ0v) is 9.25. The van der Waals surface area contributed by atoms with Crippen molar-refractivity contribution in [1.29, 1.82) is 0 Å². The number of H-pyrrole nitrogens is 1. The molecular formula is C11H10F2N2O2. The Morgan fingerprint density at radius 1 is 1.47 bits per heavy atom. The summed E-state index contributed by atoms with van der Waals surface area (Å²) in [5.74, 6) is -1.03. The van der Waals surface area contributed by atoms with E-state index in [0.717, 1.165) is 18.0 Å². The van der Waals surface area contributed by atoms with Gasteiger partial charge < -0.3 is 4.74 Å². The molecule has 6 heteroatoms. The Kier molecular flexibility index (Phi) is 2.57. The SMILES string of the molecule is CC(=O)OC(F)(F)c1ccc2c(C)[nH]nc2c1. The number of hydrogen-bond acceptors (Lipinski definition) is 3. The minimum Gasteiger partial charge on any atom is -0.397 e. The number of hydrogen-bond donors (Lipinski definition) is 1. The minimum atomic E-state index is -3.63. The lowest BCUT2D eigenvalue weighted by atomic mass is 10.1. The Morgan fingerprint density at radius 3 is 2.82 bits per heavy atom. The minimum absolute atomic E-state index is 0.397. The smallest absolute Gasteiger partial charge is 0.397 e. The summed E-state index contributed by atoms with van der Waals surface area (Å²) in [6.45, 7) is 2.73. The average Bonchev–Trinajstić information content (AvgIpc) is 2.58. The van der Waals surface area contributed by atoms with Crippen LogP contribution in [0.3, 0.4) is 0 Å². The molecule has 17 heavy (non-hydrogen) atoms. The van der Waals surface area contributed by atoms with Crippen LogP contribution < -0.4 is 0 Å². The Hall–Kier alpha value is -1.98. The summed E-state index contributed by atoms with van der Waals surface area (Å²) in [5, 5.41) is 7.32. The first-order chi connectivity index (χ1) is 7.90. The number of halogens is 2. The van der Waals surface area contributed by atoms with E-state index < -0.39 is 17.6 Å². The van der Waals surface area contributed by atoms with E-state index in [1.54, 1.807) is 6.92 Å². The van der Waals surface area contributed by atoms with E-state index in [1.165, 1.54) is 18.2 Å². The van der Waals surface area contributed by atoms with E-state index in [9.17, 15) is 13.6 Å². The molecule has 0 aliphatic heterocycles. The number of carbonyl (C=O) groups excluding carboxylic acids is 1. The van der Waals surface area contributed by atoms with Crippen LogP contribution in [0.4, 0.5) is 8.78 Å². The number of fused-ring (bicyclic) bond motifs is 1. The normalized spacial score (nSPS) is 11.8. The highest BCUT2D eigenvalue weighted by Gasteiger charge is 2.35. The van der Waals surface area contributed by atoms with Crippen LogP contribution in [0, 0.1) is 6.92 Å². The number of aromatic amines is 1. The molecule has 0 aliphatic carbocycles. The molecule has 1 aromatic heterocycles. The Morgan fingerprint density at radius 2 is 2.18 bits per heavy atom. The maximum atomic E-state index is 13.5. The van der Waals surface area contributed by atoms with Crippen molar-refractivity contribution in [1.82, 2.24) is 10.2 Å². The molecule has 2 aromatic rings. The van der Waals surface area contributed by atoms with Crippen LogP contribution in [-0.4, -0.2) is 16.2 Å². The molecule has 0 aliphatic rings. The highest BCUT2D eigenvalue weighted by atomic mass is 19.3. The molecule has 0 spiro atoms. The molecule has 0 radical (unpaired) electrons. The van der Waals surface area contributed by atoms with Crippen molar-refractivity contribution in [2.24, 2.45) is 0 Å². The molecule has 0 bridgehead atoms. The van der Waals surface area contributed by atoms with Gasteiger partial charge in [-0.2, -0.15) is 13.9 Å². The van der Waals surface area contributed by atoms with Crippen LogP contribution in [0.1, 0.15) is 18.2 Å². The molecule has 2 rings (SSSR count). The van der Waals surface area contributed by atoms with Crippen LogP contribution in [0.25, 0.3) is 10.9 Å². The lowest BCUT2D eigenvalue weighted by molar-refractivity contribution is -0.238. The second kappa shape index (κ2) is 3.80. The zero-order valence-electron chi connectivity index (χ0n) is 9.25. The molecule has 1 heterocycles. The monoisotopic (exact) mass is 240 g/mol. The number of alkyl halides is 2. The van der Waals surface area contributed by atoms with Crippen molar-refractivity contribution in [2.75, 3.05) is 0 Å². The number of benzene rings is 1. The maximum Gasteiger partial charge on any atom is 0.428 e. The molecule has 1 aromatic carbocycles. The van der Waals surface area contributed by atoms with Gasteiger partial charge in [0.1, 0.15) is 0 Å². The van der Waals surface area contributed by atoms with E-state index in [-0.39, 0.29) is 0 Å². The second-order valence-corrected chi connectivity index (χ2v) is 3.69. The Balaban J connectivity index is 2.45. The lowest BCUT2D eigenvalue weighted by Crippen LogP contribution is -2.20. The Bertz CT molecular complexity index is 578. The van der Waals surface area contributed by atoms with Gasteiger partial charge >= 0.3 is 12.1 Å². The maximum absolute atomic E-state index is 13.5. The zero-order chi connectivity index (χ0) is 12.6. The van der Waals surface area contributed by atoms with Crippen LogP contribution in [0.2, 0.25) is 0 Å². The summed E-state index contributed by atoms with van der Waals surface area (Å²) >= 11 is 0. The van der Waals surface area contributed by atoms with Gasteiger partial charge in [0.15, 0.2) is 0 Å². The topological polar surface area (TPSA) is 55.0 Å². The van der Waals surface area contributed by atoms with Crippen molar-refractivity contribution in [3.8, 4) is 0 Å². The fourth-order valence-corrected chi connectivity index (χ4v) is 1.57. The number of nitrogens with one attached hydrogen (secondary N) is 1. The van der Waals surface area contributed by atoms with Crippen LogP contribution in [-0.2, 0) is 15.6 Å². The molecule has 0 unspecified atom stereocenters. The predicted molar refractivity (Wildman–Crippen MR) is 56.5 cm³/mol. The van der Waals surface area contributed by atoms with Crippen LogP contribution >= 0.6 is 0 Å². The second-order valence-electron chi connectivity index (χ2n) is 3.69. The summed E-state index contributed by atoms with van der Waals surface area (Å²) in [5.41, 5.74) is 0.806. The molecule has 90 valence electrons. The van der Waals surface area contributed by atoms with Crippen molar-refractivity contribution in [3.63, 3.8) is 0 Å². The van der Waals surface area contributed by atoms with Gasteiger partial charge in [-0.1, -0.05) is 6.07 Å².